The minimum atomic E-state index is 0.0444. The Bertz CT molecular complexity index is 337. The molecular weight excluding hydrogens is 194 g/mol. The molecule has 0 amide bonds. The highest BCUT2D eigenvalue weighted by atomic mass is 16.5. The van der Waals surface area contributed by atoms with E-state index in [4.69, 9.17) is 14.6 Å². The number of aliphatic hydroxyl groups excluding tert-OH is 1. The number of methoxy groups -OCH3 is 2. The molecule has 0 aromatic heterocycles. The molecule has 0 saturated heterocycles. The lowest BCUT2D eigenvalue weighted by Crippen LogP contribution is -1.96. The van der Waals surface area contributed by atoms with Gasteiger partial charge in [0.05, 0.1) is 27.4 Å². The van der Waals surface area contributed by atoms with Crippen molar-refractivity contribution in [2.45, 2.75) is 0 Å². The Morgan fingerprint density at radius 1 is 1.33 bits per heavy atom. The van der Waals surface area contributed by atoms with Crippen molar-refractivity contribution >= 4 is 6.21 Å². The van der Waals surface area contributed by atoms with Gasteiger partial charge in [0.15, 0.2) is 11.5 Å². The highest BCUT2D eigenvalue weighted by molar-refractivity contribution is 5.85. The normalized spacial score (nSPS) is 10.6. The number of nitrogens with zero attached hydrogens (tertiary/aromatic N) is 1. The van der Waals surface area contributed by atoms with E-state index in [1.54, 1.807) is 20.4 Å². The van der Waals surface area contributed by atoms with E-state index in [-0.39, 0.29) is 6.61 Å². The summed E-state index contributed by atoms with van der Waals surface area (Å²) in [6, 6.07) is 5.56. The van der Waals surface area contributed by atoms with E-state index in [9.17, 15) is 0 Å². The topological polar surface area (TPSA) is 51.0 Å². The molecular formula is C11H15NO3. The monoisotopic (exact) mass is 209 g/mol. The highest BCUT2D eigenvalue weighted by Gasteiger charge is 2.06. The van der Waals surface area contributed by atoms with Gasteiger partial charge in [0.25, 0.3) is 0 Å². The predicted octanol–water partition coefficient (Wildman–Crippen LogP) is 1.11. The van der Waals surface area contributed by atoms with Crippen molar-refractivity contribution in [3.8, 4) is 11.5 Å². The number of aliphatic imine (C=N–C) groups is 1. The van der Waals surface area contributed by atoms with Crippen molar-refractivity contribution in [1.29, 1.82) is 0 Å². The molecule has 0 aliphatic rings. The van der Waals surface area contributed by atoms with E-state index in [1.165, 1.54) is 0 Å². The van der Waals surface area contributed by atoms with Gasteiger partial charge in [0.1, 0.15) is 0 Å². The van der Waals surface area contributed by atoms with Gasteiger partial charge in [-0.1, -0.05) is 6.07 Å². The average Bonchev–Trinajstić information content (AvgIpc) is 2.29. The molecule has 4 heteroatoms. The molecule has 0 aliphatic carbocycles. The van der Waals surface area contributed by atoms with Gasteiger partial charge in [0, 0.05) is 11.8 Å². The number of rotatable bonds is 5. The highest BCUT2D eigenvalue weighted by Crippen LogP contribution is 2.29. The molecule has 0 fully saturated rings. The predicted molar refractivity (Wildman–Crippen MR) is 59.1 cm³/mol. The first kappa shape index (κ1) is 11.5. The van der Waals surface area contributed by atoms with Gasteiger partial charge in [-0.2, -0.15) is 0 Å². The van der Waals surface area contributed by atoms with E-state index in [1.807, 2.05) is 18.2 Å². The molecule has 82 valence electrons. The van der Waals surface area contributed by atoms with Crippen molar-refractivity contribution < 1.29 is 14.6 Å². The number of hydrogen-bond donors (Lipinski definition) is 1. The van der Waals surface area contributed by atoms with Gasteiger partial charge in [-0.25, -0.2) is 0 Å². The number of para-hydroxylation sites is 1. The first-order valence-corrected chi connectivity index (χ1v) is 4.65. The number of ether oxygens (including phenoxy) is 2. The fourth-order valence-electron chi connectivity index (χ4n) is 1.23. The molecule has 1 N–H and O–H groups in total. The molecule has 0 aliphatic heterocycles. The second-order valence-electron chi connectivity index (χ2n) is 2.84. The van der Waals surface area contributed by atoms with Gasteiger partial charge in [-0.3, -0.25) is 4.99 Å². The third-order valence-corrected chi connectivity index (χ3v) is 1.89. The summed E-state index contributed by atoms with van der Waals surface area (Å²) in [5, 5.41) is 8.60. The zero-order valence-electron chi connectivity index (χ0n) is 8.93. The van der Waals surface area contributed by atoms with E-state index in [2.05, 4.69) is 4.99 Å². The van der Waals surface area contributed by atoms with Crippen LogP contribution in [0.15, 0.2) is 23.2 Å². The Kier molecular flexibility index (Phi) is 4.63. The summed E-state index contributed by atoms with van der Waals surface area (Å²) in [6.07, 6.45) is 1.66. The van der Waals surface area contributed by atoms with Gasteiger partial charge in [-0.15, -0.1) is 0 Å². The summed E-state index contributed by atoms with van der Waals surface area (Å²) in [5.74, 6) is 1.33. The van der Waals surface area contributed by atoms with Crippen LogP contribution >= 0.6 is 0 Å². The Morgan fingerprint density at radius 3 is 2.73 bits per heavy atom. The van der Waals surface area contributed by atoms with Crippen molar-refractivity contribution in [2.75, 3.05) is 27.4 Å². The minimum absolute atomic E-state index is 0.0444. The van der Waals surface area contributed by atoms with Crippen molar-refractivity contribution in [2.24, 2.45) is 4.99 Å². The molecule has 4 nitrogen and oxygen atoms in total. The second kappa shape index (κ2) is 6.03. The molecule has 0 bridgehead atoms. The number of hydrogen-bond acceptors (Lipinski definition) is 4. The summed E-state index contributed by atoms with van der Waals surface area (Å²) < 4.78 is 10.4. The largest absolute Gasteiger partial charge is 0.493 e. The smallest absolute Gasteiger partial charge is 0.169 e. The van der Waals surface area contributed by atoms with Crippen LogP contribution in [0.2, 0.25) is 0 Å². The molecule has 1 rings (SSSR count). The van der Waals surface area contributed by atoms with E-state index in [0.717, 1.165) is 5.56 Å². The van der Waals surface area contributed by atoms with Gasteiger partial charge >= 0.3 is 0 Å². The summed E-state index contributed by atoms with van der Waals surface area (Å²) in [7, 11) is 3.17. The third kappa shape index (κ3) is 2.95. The molecule has 1 aromatic rings. The Hall–Kier alpha value is -1.55. The van der Waals surface area contributed by atoms with Crippen molar-refractivity contribution in [1.82, 2.24) is 0 Å². The molecule has 0 spiro atoms. The van der Waals surface area contributed by atoms with Crippen LogP contribution in [0.1, 0.15) is 5.56 Å². The van der Waals surface area contributed by atoms with E-state index >= 15 is 0 Å². The van der Waals surface area contributed by atoms with Gasteiger partial charge in [0.2, 0.25) is 0 Å². The first-order valence-electron chi connectivity index (χ1n) is 4.65. The SMILES string of the molecule is COc1cccc(/C=N/CCO)c1OC. The fourth-order valence-corrected chi connectivity index (χ4v) is 1.23. The minimum Gasteiger partial charge on any atom is -0.493 e. The average molecular weight is 209 g/mol. The molecule has 0 heterocycles. The summed E-state index contributed by atoms with van der Waals surface area (Å²) in [4.78, 5) is 4.03. The van der Waals surface area contributed by atoms with E-state index in [0.29, 0.717) is 18.0 Å². The summed E-state index contributed by atoms with van der Waals surface area (Å²) in [6.45, 7) is 0.434. The zero-order chi connectivity index (χ0) is 11.1. The molecule has 0 saturated carbocycles. The lowest BCUT2D eigenvalue weighted by molar-refractivity contribution is 0.307. The maximum Gasteiger partial charge on any atom is 0.169 e. The van der Waals surface area contributed by atoms with Gasteiger partial charge in [-0.05, 0) is 12.1 Å². The summed E-state index contributed by atoms with van der Waals surface area (Å²) in [5.41, 5.74) is 0.838. The number of aliphatic hydroxyl groups is 1. The Balaban J connectivity index is 2.95. The second-order valence-corrected chi connectivity index (χ2v) is 2.84. The molecule has 15 heavy (non-hydrogen) atoms. The zero-order valence-corrected chi connectivity index (χ0v) is 8.93. The van der Waals surface area contributed by atoms with Crippen LogP contribution in [0.4, 0.5) is 0 Å². The van der Waals surface area contributed by atoms with Crippen LogP contribution in [0.3, 0.4) is 0 Å². The molecule has 0 atom stereocenters. The maximum absolute atomic E-state index is 8.60. The lowest BCUT2D eigenvalue weighted by atomic mass is 10.2. The Morgan fingerprint density at radius 2 is 2.13 bits per heavy atom. The van der Waals surface area contributed by atoms with E-state index < -0.39 is 0 Å². The third-order valence-electron chi connectivity index (χ3n) is 1.89. The van der Waals surface area contributed by atoms with Crippen molar-refractivity contribution in [3.63, 3.8) is 0 Å². The fraction of sp³-hybridized carbons (Fsp3) is 0.364. The first-order chi connectivity index (χ1) is 7.33. The van der Waals surface area contributed by atoms with Crippen LogP contribution < -0.4 is 9.47 Å². The molecule has 0 radical (unpaired) electrons. The standard InChI is InChI=1S/C11H15NO3/c1-14-10-5-3-4-9(11(10)15-2)8-12-6-7-13/h3-5,8,13H,6-7H2,1-2H3/b12-8+. The van der Waals surface area contributed by atoms with Crippen LogP contribution in [0.25, 0.3) is 0 Å². The van der Waals surface area contributed by atoms with Crippen LogP contribution in [-0.2, 0) is 0 Å². The lowest BCUT2D eigenvalue weighted by Gasteiger charge is -2.09. The van der Waals surface area contributed by atoms with Crippen LogP contribution in [0.5, 0.6) is 11.5 Å². The molecule has 0 unspecified atom stereocenters. The van der Waals surface area contributed by atoms with Crippen LogP contribution in [0, 0.1) is 0 Å². The quantitative estimate of drug-likeness (QED) is 0.739. The number of benzene rings is 1. The summed E-state index contributed by atoms with van der Waals surface area (Å²) >= 11 is 0. The van der Waals surface area contributed by atoms with Crippen molar-refractivity contribution in [3.05, 3.63) is 23.8 Å². The maximum atomic E-state index is 8.60. The molecule has 1 aromatic carbocycles. The van der Waals surface area contributed by atoms with Gasteiger partial charge < -0.3 is 14.6 Å². The van der Waals surface area contributed by atoms with Crippen LogP contribution in [-0.4, -0.2) is 38.7 Å². The Labute approximate surface area is 89.2 Å².